The predicted molar refractivity (Wildman–Crippen MR) is 95.6 cm³/mol. The van der Waals surface area contributed by atoms with Crippen molar-refractivity contribution in [3.63, 3.8) is 0 Å². The molecule has 4 N–H and O–H groups in total. The molecule has 1 atom stereocenters. The van der Waals surface area contributed by atoms with Crippen LogP contribution in [0.15, 0.2) is 29.6 Å². The van der Waals surface area contributed by atoms with Crippen LogP contribution in [0.3, 0.4) is 0 Å². The molecule has 0 fully saturated rings. The molecule has 1 aromatic carbocycles. The van der Waals surface area contributed by atoms with Gasteiger partial charge in [0.25, 0.3) is 0 Å². The average Bonchev–Trinajstić information content (AvgIpc) is 3.00. The lowest BCUT2D eigenvalue weighted by molar-refractivity contribution is -0.117. The van der Waals surface area contributed by atoms with Crippen LogP contribution in [0.2, 0.25) is 0 Å². The van der Waals surface area contributed by atoms with Crippen molar-refractivity contribution in [1.82, 2.24) is 10.3 Å². The first-order valence-electron chi connectivity index (χ1n) is 7.07. The van der Waals surface area contributed by atoms with Crippen molar-refractivity contribution in [1.29, 1.82) is 0 Å². The lowest BCUT2D eigenvalue weighted by atomic mass is 10.2. The lowest BCUT2D eigenvalue weighted by Gasteiger charge is -2.15. The first-order chi connectivity index (χ1) is 11.5. The van der Waals surface area contributed by atoms with Crippen LogP contribution in [0.4, 0.5) is 14.3 Å². The third-order valence-electron chi connectivity index (χ3n) is 3.12. The van der Waals surface area contributed by atoms with Gasteiger partial charge in [-0.3, -0.25) is 4.79 Å². The average molecular weight is 368 g/mol. The SMILES string of the molecule is CSCCC(NC(N)=O)C(=O)Nc1nc(-c2ccc(F)cc2)cs1. The molecule has 2 aromatic rings. The smallest absolute Gasteiger partial charge is 0.312 e. The highest BCUT2D eigenvalue weighted by molar-refractivity contribution is 7.98. The number of carbonyl (C=O) groups excluding carboxylic acids is 2. The number of anilines is 1. The van der Waals surface area contributed by atoms with Crippen LogP contribution in [-0.2, 0) is 4.79 Å². The standard InChI is InChI=1S/C15H17FN4O2S2/c1-23-7-6-11(18-14(17)22)13(21)20-15-19-12(8-24-15)9-2-4-10(16)5-3-9/h2-5,8,11H,6-7H2,1H3,(H3,17,18,22)(H,19,20,21). The van der Waals surface area contributed by atoms with Gasteiger partial charge >= 0.3 is 6.03 Å². The molecule has 1 unspecified atom stereocenters. The number of hydrogen-bond acceptors (Lipinski definition) is 5. The van der Waals surface area contributed by atoms with E-state index >= 15 is 0 Å². The second-order valence-electron chi connectivity index (χ2n) is 4.88. The number of primary amides is 1. The number of halogens is 1. The fraction of sp³-hybridized carbons (Fsp3) is 0.267. The first kappa shape index (κ1) is 18.2. The molecule has 0 bridgehead atoms. The Balaban J connectivity index is 2.05. The van der Waals surface area contributed by atoms with Crippen LogP contribution in [0.5, 0.6) is 0 Å². The van der Waals surface area contributed by atoms with Crippen LogP contribution >= 0.6 is 23.1 Å². The Morgan fingerprint density at radius 2 is 2.08 bits per heavy atom. The summed E-state index contributed by atoms with van der Waals surface area (Å²) < 4.78 is 13.0. The molecule has 0 spiro atoms. The van der Waals surface area contributed by atoms with E-state index in [1.165, 1.54) is 23.5 Å². The second kappa shape index (κ2) is 8.65. The van der Waals surface area contributed by atoms with Crippen molar-refractivity contribution < 1.29 is 14.0 Å². The topological polar surface area (TPSA) is 97.1 Å². The summed E-state index contributed by atoms with van der Waals surface area (Å²) in [6, 6.07) is 4.47. The quantitative estimate of drug-likeness (QED) is 0.700. The van der Waals surface area contributed by atoms with E-state index in [2.05, 4.69) is 15.6 Å². The monoisotopic (exact) mass is 368 g/mol. The highest BCUT2D eigenvalue weighted by Crippen LogP contribution is 2.25. The third kappa shape index (κ3) is 5.20. The van der Waals surface area contributed by atoms with E-state index in [-0.39, 0.29) is 11.7 Å². The Morgan fingerprint density at radius 1 is 1.38 bits per heavy atom. The zero-order valence-electron chi connectivity index (χ0n) is 12.9. The molecule has 1 heterocycles. The number of amides is 3. The normalized spacial score (nSPS) is 11.8. The van der Waals surface area contributed by atoms with E-state index in [4.69, 9.17) is 5.73 Å². The molecule has 0 saturated carbocycles. The summed E-state index contributed by atoms with van der Waals surface area (Å²) in [5, 5.41) is 7.27. The molecule has 0 radical (unpaired) electrons. The van der Waals surface area contributed by atoms with Crippen LogP contribution in [0, 0.1) is 5.82 Å². The van der Waals surface area contributed by atoms with Gasteiger partial charge in [0.05, 0.1) is 5.69 Å². The highest BCUT2D eigenvalue weighted by atomic mass is 32.2. The zero-order chi connectivity index (χ0) is 17.5. The van der Waals surface area contributed by atoms with Gasteiger partial charge in [0, 0.05) is 10.9 Å². The summed E-state index contributed by atoms with van der Waals surface area (Å²) in [4.78, 5) is 27.6. The summed E-state index contributed by atoms with van der Waals surface area (Å²) in [7, 11) is 0. The molecule has 0 aliphatic carbocycles. The van der Waals surface area contributed by atoms with Gasteiger partial charge in [0.2, 0.25) is 5.91 Å². The molecule has 9 heteroatoms. The van der Waals surface area contributed by atoms with E-state index in [1.54, 1.807) is 29.3 Å². The number of thiazole rings is 1. The fourth-order valence-corrected chi connectivity index (χ4v) is 3.15. The number of thioether (sulfide) groups is 1. The van der Waals surface area contributed by atoms with Gasteiger partial charge in [-0.25, -0.2) is 14.2 Å². The maximum Gasteiger partial charge on any atom is 0.312 e. The maximum atomic E-state index is 13.0. The van der Waals surface area contributed by atoms with Crippen LogP contribution < -0.4 is 16.4 Å². The summed E-state index contributed by atoms with van der Waals surface area (Å²) in [5.41, 5.74) is 6.50. The number of carbonyl (C=O) groups is 2. The number of nitrogens with two attached hydrogens (primary N) is 1. The highest BCUT2D eigenvalue weighted by Gasteiger charge is 2.20. The number of rotatable bonds is 7. The molecule has 2 rings (SSSR count). The summed E-state index contributed by atoms with van der Waals surface area (Å²) >= 11 is 2.82. The van der Waals surface area contributed by atoms with Crippen LogP contribution in [-0.4, -0.2) is 35.0 Å². The zero-order valence-corrected chi connectivity index (χ0v) is 14.5. The van der Waals surface area contributed by atoms with Gasteiger partial charge in [-0.1, -0.05) is 0 Å². The van der Waals surface area contributed by atoms with Crippen molar-refractivity contribution in [2.45, 2.75) is 12.5 Å². The molecule has 0 saturated heterocycles. The predicted octanol–water partition coefficient (Wildman–Crippen LogP) is 2.68. The van der Waals surface area contributed by atoms with E-state index < -0.39 is 12.1 Å². The van der Waals surface area contributed by atoms with Gasteiger partial charge in [0.15, 0.2) is 5.13 Å². The molecule has 3 amide bonds. The number of nitrogens with one attached hydrogen (secondary N) is 2. The number of aromatic nitrogens is 1. The Hall–Kier alpha value is -2.13. The Kier molecular flexibility index (Phi) is 6.56. The van der Waals surface area contributed by atoms with Gasteiger partial charge in [0.1, 0.15) is 11.9 Å². The second-order valence-corrected chi connectivity index (χ2v) is 6.72. The first-order valence-corrected chi connectivity index (χ1v) is 9.34. The van der Waals surface area contributed by atoms with Crippen LogP contribution in [0.25, 0.3) is 11.3 Å². The number of hydrogen-bond donors (Lipinski definition) is 3. The molecular weight excluding hydrogens is 351 g/mol. The lowest BCUT2D eigenvalue weighted by Crippen LogP contribution is -2.46. The summed E-state index contributed by atoms with van der Waals surface area (Å²) in [6.45, 7) is 0. The Bertz CT molecular complexity index is 706. The van der Waals surface area contributed by atoms with Crippen molar-refractivity contribution in [3.05, 3.63) is 35.5 Å². The minimum Gasteiger partial charge on any atom is -0.352 e. The molecule has 6 nitrogen and oxygen atoms in total. The molecule has 24 heavy (non-hydrogen) atoms. The minimum atomic E-state index is -0.748. The molecule has 1 aromatic heterocycles. The van der Waals surface area contributed by atoms with E-state index in [1.807, 2.05) is 6.26 Å². The number of benzene rings is 1. The molecule has 0 aliphatic heterocycles. The fourth-order valence-electron chi connectivity index (χ4n) is 1.95. The Labute approximate surface area is 147 Å². The van der Waals surface area contributed by atoms with Crippen molar-refractivity contribution >= 4 is 40.2 Å². The Morgan fingerprint density at radius 3 is 2.71 bits per heavy atom. The van der Waals surface area contributed by atoms with Crippen molar-refractivity contribution in [3.8, 4) is 11.3 Å². The molecular formula is C15H17FN4O2S2. The summed E-state index contributed by atoms with van der Waals surface area (Å²) in [5.74, 6) is 0.0105. The van der Waals surface area contributed by atoms with Gasteiger partial charge in [-0.05, 0) is 42.7 Å². The third-order valence-corrected chi connectivity index (χ3v) is 4.52. The van der Waals surface area contributed by atoms with Crippen molar-refractivity contribution in [2.75, 3.05) is 17.3 Å². The van der Waals surface area contributed by atoms with Gasteiger partial charge in [-0.15, -0.1) is 11.3 Å². The summed E-state index contributed by atoms with van der Waals surface area (Å²) in [6.07, 6.45) is 2.38. The van der Waals surface area contributed by atoms with Gasteiger partial charge in [-0.2, -0.15) is 11.8 Å². The number of urea groups is 1. The maximum absolute atomic E-state index is 13.0. The molecule has 128 valence electrons. The number of nitrogens with zero attached hydrogens (tertiary/aromatic N) is 1. The largest absolute Gasteiger partial charge is 0.352 e. The van der Waals surface area contributed by atoms with E-state index in [0.29, 0.717) is 23.0 Å². The van der Waals surface area contributed by atoms with Crippen molar-refractivity contribution in [2.24, 2.45) is 5.73 Å². The molecule has 0 aliphatic rings. The van der Waals surface area contributed by atoms with Gasteiger partial charge < -0.3 is 16.4 Å². The minimum absolute atomic E-state index is 0.323. The van der Waals surface area contributed by atoms with E-state index in [9.17, 15) is 14.0 Å². The van der Waals surface area contributed by atoms with E-state index in [0.717, 1.165) is 5.56 Å². The van der Waals surface area contributed by atoms with Crippen LogP contribution in [0.1, 0.15) is 6.42 Å².